The van der Waals surface area contributed by atoms with Gasteiger partial charge in [-0.05, 0) is 91.7 Å². The summed E-state index contributed by atoms with van der Waals surface area (Å²) in [4.78, 5) is 10.9. The first kappa shape index (κ1) is 35.7. The molecule has 0 saturated carbocycles. The molecule has 0 bridgehead atoms. The molecular formula is C58H40N4O. The van der Waals surface area contributed by atoms with Gasteiger partial charge in [0.1, 0.15) is 23.2 Å². The van der Waals surface area contributed by atoms with Crippen molar-refractivity contribution in [1.82, 2.24) is 9.88 Å². The van der Waals surface area contributed by atoms with E-state index in [0.717, 1.165) is 66.6 Å². The second kappa shape index (κ2) is 14.0. The number of aliphatic imine (C=N–C) groups is 2. The van der Waals surface area contributed by atoms with Crippen LogP contribution >= 0.6 is 0 Å². The lowest BCUT2D eigenvalue weighted by molar-refractivity contribution is 0.619. The summed E-state index contributed by atoms with van der Waals surface area (Å²) in [7, 11) is 0. The monoisotopic (exact) mass is 808 g/mol. The number of amidine groups is 2. The number of rotatable bonds is 5. The van der Waals surface area contributed by atoms with Gasteiger partial charge in [0, 0.05) is 39.3 Å². The van der Waals surface area contributed by atoms with E-state index in [1.54, 1.807) is 0 Å². The molecule has 2 aliphatic carbocycles. The van der Waals surface area contributed by atoms with Crippen LogP contribution in [0, 0.1) is 5.92 Å². The lowest BCUT2D eigenvalue weighted by Gasteiger charge is -2.30. The maximum atomic E-state index is 6.70. The smallest absolute Gasteiger partial charge is 0.159 e. The lowest BCUT2D eigenvalue weighted by atomic mass is 9.75. The highest BCUT2D eigenvalue weighted by Gasteiger charge is 2.34. The molecule has 3 unspecified atom stereocenters. The van der Waals surface area contributed by atoms with E-state index in [1.165, 1.54) is 43.9 Å². The van der Waals surface area contributed by atoms with Crippen molar-refractivity contribution < 1.29 is 4.42 Å². The van der Waals surface area contributed by atoms with Crippen molar-refractivity contribution in [1.29, 1.82) is 0 Å². The maximum Gasteiger partial charge on any atom is 0.159 e. The quantitative estimate of drug-likeness (QED) is 0.188. The average molecular weight is 809 g/mol. The Hall–Kier alpha value is -8.02. The van der Waals surface area contributed by atoms with E-state index in [-0.39, 0.29) is 5.92 Å². The second-order valence-electron chi connectivity index (χ2n) is 17.0. The van der Waals surface area contributed by atoms with Crippen LogP contribution in [-0.2, 0) is 0 Å². The highest BCUT2D eigenvalue weighted by Crippen LogP contribution is 2.48. The predicted octanol–water partition coefficient (Wildman–Crippen LogP) is 14.2. The molecule has 10 aromatic rings. The topological polar surface area (TPSA) is 54.8 Å². The molecule has 2 aromatic heterocycles. The summed E-state index contributed by atoms with van der Waals surface area (Å²) < 4.78 is 9.18. The molecule has 1 aliphatic heterocycles. The van der Waals surface area contributed by atoms with Crippen LogP contribution in [0.5, 0.6) is 0 Å². The van der Waals surface area contributed by atoms with Crippen LogP contribution in [0.3, 0.4) is 0 Å². The first-order valence-corrected chi connectivity index (χ1v) is 21.8. The molecular weight excluding hydrogens is 769 g/mol. The van der Waals surface area contributed by atoms with Crippen molar-refractivity contribution in [2.75, 3.05) is 0 Å². The fourth-order valence-electron chi connectivity index (χ4n) is 10.2. The van der Waals surface area contributed by atoms with E-state index in [2.05, 4.69) is 211 Å². The summed E-state index contributed by atoms with van der Waals surface area (Å²) in [6, 6.07) is 60.6. The Kier molecular flexibility index (Phi) is 7.94. The van der Waals surface area contributed by atoms with Crippen molar-refractivity contribution in [2.45, 2.75) is 19.0 Å². The minimum absolute atomic E-state index is 0.254. The highest BCUT2D eigenvalue weighted by molar-refractivity contribution is 6.18. The number of para-hydroxylation sites is 1. The van der Waals surface area contributed by atoms with E-state index < -0.39 is 6.17 Å². The zero-order valence-electron chi connectivity index (χ0n) is 34.5. The van der Waals surface area contributed by atoms with Crippen molar-refractivity contribution in [3.8, 4) is 16.8 Å². The molecule has 8 aromatic carbocycles. The summed E-state index contributed by atoms with van der Waals surface area (Å²) in [6.07, 6.45) is 11.0. The molecule has 298 valence electrons. The van der Waals surface area contributed by atoms with Gasteiger partial charge in [-0.3, -0.25) is 0 Å². The Labute approximate surface area is 364 Å². The van der Waals surface area contributed by atoms with Gasteiger partial charge in [-0.1, -0.05) is 165 Å². The van der Waals surface area contributed by atoms with Gasteiger partial charge in [-0.2, -0.15) is 0 Å². The van der Waals surface area contributed by atoms with E-state index in [0.29, 0.717) is 11.8 Å². The van der Waals surface area contributed by atoms with Crippen LogP contribution in [0.15, 0.2) is 214 Å². The Morgan fingerprint density at radius 2 is 1.30 bits per heavy atom. The van der Waals surface area contributed by atoms with Gasteiger partial charge in [0.15, 0.2) is 5.84 Å². The average Bonchev–Trinajstić information content (AvgIpc) is 3.87. The van der Waals surface area contributed by atoms with Crippen molar-refractivity contribution in [3.63, 3.8) is 0 Å². The van der Waals surface area contributed by atoms with Crippen LogP contribution in [-0.4, -0.2) is 16.2 Å². The van der Waals surface area contributed by atoms with Crippen LogP contribution in [0.25, 0.3) is 77.3 Å². The molecule has 63 heavy (non-hydrogen) atoms. The molecule has 0 radical (unpaired) electrons. The molecule has 5 nitrogen and oxygen atoms in total. The van der Waals surface area contributed by atoms with Gasteiger partial charge in [0.25, 0.3) is 0 Å². The Morgan fingerprint density at radius 3 is 2.14 bits per heavy atom. The standard InChI is InChI=1S/C58H40N4O/c1-35-45-20-10-9-19-43(45)32-52-55(35)48-30-41-17-7-8-18-42(41)31-50(48)62(52)51-34-54-47(46-21-11-12-22-53(46)63-54)33-49(51)58-60-56(39-26-23-38(24-27-39)36-13-3-2-4-14-36)59-57(61-58)44-28-25-37-15-5-6-16-40(37)29-44/h2-35,45,56H,1H3,(H,59,60,61). The van der Waals surface area contributed by atoms with Gasteiger partial charge in [0.05, 0.1) is 16.9 Å². The van der Waals surface area contributed by atoms with Crippen LogP contribution in [0.2, 0.25) is 0 Å². The van der Waals surface area contributed by atoms with Gasteiger partial charge in [-0.15, -0.1) is 0 Å². The third-order valence-corrected chi connectivity index (χ3v) is 13.4. The van der Waals surface area contributed by atoms with E-state index in [1.807, 2.05) is 6.07 Å². The molecule has 3 heterocycles. The SMILES string of the molecule is CC1c2c(n(-c3cc4oc5ccccc5c4cc3C3=NC(c4ccc5ccccc5c4)=NC(c4ccc(-c5ccccc5)cc4)N3)c3cc4ccccc4cc23)C=C2C=CC=CC21. The molecule has 13 rings (SSSR count). The largest absolute Gasteiger partial charge is 0.456 e. The van der Waals surface area contributed by atoms with Crippen LogP contribution in [0.4, 0.5) is 0 Å². The second-order valence-corrected chi connectivity index (χ2v) is 17.0. The molecule has 0 saturated heterocycles. The summed E-state index contributed by atoms with van der Waals surface area (Å²) in [5.41, 5.74) is 13.0. The lowest BCUT2D eigenvalue weighted by Crippen LogP contribution is -2.34. The molecule has 5 heteroatoms. The van der Waals surface area contributed by atoms with Crippen molar-refractivity contribution >= 4 is 72.1 Å². The number of nitrogens with zero attached hydrogens (tertiary/aromatic N) is 3. The van der Waals surface area contributed by atoms with E-state index in [4.69, 9.17) is 14.4 Å². The minimum atomic E-state index is -0.408. The van der Waals surface area contributed by atoms with Crippen LogP contribution < -0.4 is 5.32 Å². The summed E-state index contributed by atoms with van der Waals surface area (Å²) in [5.74, 6) is 1.98. The molecule has 3 atom stereocenters. The zero-order valence-corrected chi connectivity index (χ0v) is 34.5. The Morgan fingerprint density at radius 1 is 0.587 bits per heavy atom. The third kappa shape index (κ3) is 5.77. The van der Waals surface area contributed by atoms with Crippen LogP contribution in [0.1, 0.15) is 47.0 Å². The van der Waals surface area contributed by atoms with Gasteiger partial charge in [-0.25, -0.2) is 9.98 Å². The molecule has 0 amide bonds. The number of hydrogen-bond donors (Lipinski definition) is 1. The number of fused-ring (bicyclic) bond motifs is 9. The van der Waals surface area contributed by atoms with E-state index in [9.17, 15) is 0 Å². The summed E-state index contributed by atoms with van der Waals surface area (Å²) >= 11 is 0. The maximum absolute atomic E-state index is 6.70. The number of benzene rings is 8. The summed E-state index contributed by atoms with van der Waals surface area (Å²) in [6.45, 7) is 2.38. The number of nitrogens with one attached hydrogen (secondary N) is 1. The molecule has 1 N–H and O–H groups in total. The fourth-order valence-corrected chi connectivity index (χ4v) is 10.2. The number of aromatic nitrogens is 1. The van der Waals surface area contributed by atoms with Crippen molar-refractivity contribution in [2.24, 2.45) is 15.9 Å². The van der Waals surface area contributed by atoms with Crippen molar-refractivity contribution in [3.05, 3.63) is 228 Å². The molecule has 0 spiro atoms. The fraction of sp³-hybridized carbons (Fsp3) is 0.0690. The van der Waals surface area contributed by atoms with Gasteiger partial charge in [0.2, 0.25) is 0 Å². The summed E-state index contributed by atoms with van der Waals surface area (Å²) in [5, 5.41) is 12.0. The normalized spacial score (nSPS) is 18.0. The minimum Gasteiger partial charge on any atom is -0.456 e. The number of hydrogen-bond acceptors (Lipinski definition) is 4. The zero-order chi connectivity index (χ0) is 41.6. The Bertz CT molecular complexity index is 3670. The Balaban J connectivity index is 1.08. The highest BCUT2D eigenvalue weighted by atomic mass is 16.3. The number of allylic oxidation sites excluding steroid dienone is 5. The predicted molar refractivity (Wildman–Crippen MR) is 261 cm³/mol. The molecule has 0 fully saturated rings. The van der Waals surface area contributed by atoms with Gasteiger partial charge >= 0.3 is 0 Å². The first-order chi connectivity index (χ1) is 31.1. The first-order valence-electron chi connectivity index (χ1n) is 21.8. The third-order valence-electron chi connectivity index (χ3n) is 13.4. The van der Waals surface area contributed by atoms with Gasteiger partial charge < -0.3 is 14.3 Å². The molecule has 3 aliphatic rings. The number of furan rings is 1. The van der Waals surface area contributed by atoms with E-state index >= 15 is 0 Å².